The Balaban J connectivity index is 1.78. The minimum absolute atomic E-state index is 0.267. The summed E-state index contributed by atoms with van der Waals surface area (Å²) in [5.74, 6) is 0.668. The Labute approximate surface area is 271 Å². The minimum Gasteiger partial charge on any atom is -0.444 e. The molecule has 248 valence electrons. The molecule has 1 heterocycles. The van der Waals surface area contributed by atoms with Crippen LogP contribution in [-0.2, 0) is 27.8 Å². The fourth-order valence-corrected chi connectivity index (χ4v) is 6.69. The zero-order chi connectivity index (χ0) is 33.0. The fraction of sp³-hybridized carbons (Fsp3) is 0.543. The monoisotopic (exact) mass is 639 g/mol. The fourth-order valence-electron chi connectivity index (χ4n) is 5.22. The van der Waals surface area contributed by atoms with Gasteiger partial charge in [-0.15, -0.1) is 0 Å². The van der Waals surface area contributed by atoms with Crippen LogP contribution in [0.2, 0.25) is 0 Å². The molecule has 45 heavy (non-hydrogen) atoms. The van der Waals surface area contributed by atoms with Crippen LogP contribution in [0.1, 0.15) is 95.8 Å². The molecule has 0 saturated heterocycles. The number of nitrogens with zero attached hydrogens (tertiary/aromatic N) is 4. The zero-order valence-electron chi connectivity index (χ0n) is 28.3. The van der Waals surface area contributed by atoms with Crippen LogP contribution in [0.3, 0.4) is 0 Å². The van der Waals surface area contributed by atoms with E-state index < -0.39 is 21.7 Å². The van der Waals surface area contributed by atoms with Gasteiger partial charge in [-0.1, -0.05) is 55.8 Å². The number of aromatic amines is 1. The van der Waals surface area contributed by atoms with Gasteiger partial charge in [-0.3, -0.25) is 4.90 Å². The normalized spacial score (nSPS) is 12.9. The lowest BCUT2D eigenvalue weighted by atomic mass is 10.1. The molecule has 0 aliphatic heterocycles. The quantitative estimate of drug-likeness (QED) is 0.156. The number of sulfonamides is 1. The predicted molar refractivity (Wildman–Crippen MR) is 180 cm³/mol. The Morgan fingerprint density at radius 3 is 2.00 bits per heavy atom. The van der Waals surface area contributed by atoms with Crippen molar-refractivity contribution in [3.8, 4) is 0 Å². The highest BCUT2D eigenvalue weighted by atomic mass is 32.2. The molecule has 0 aliphatic rings. The van der Waals surface area contributed by atoms with Crippen molar-refractivity contribution in [2.24, 2.45) is 0 Å². The van der Waals surface area contributed by atoms with E-state index in [4.69, 9.17) is 4.74 Å². The van der Waals surface area contributed by atoms with E-state index in [1.807, 2.05) is 71.0 Å². The van der Waals surface area contributed by atoms with Crippen molar-refractivity contribution in [3.63, 3.8) is 0 Å². The summed E-state index contributed by atoms with van der Waals surface area (Å²) in [5.41, 5.74) is 2.17. The standard InChI is InChI=1S/C35H53N5O4S/c1-8-22-38(23-9-2)24-10-11-25-39(45(42,43)32-18-12-28(3)13-19-32)26-30-14-16-31(17-15-30)27-40(34(41)44-35(5,6)7)29(4)33-36-20-21-37-33/h12-21,29H,8-11,22-27H2,1-7H3,(H,36,37). The summed E-state index contributed by atoms with van der Waals surface area (Å²) in [7, 11) is -3.69. The Morgan fingerprint density at radius 2 is 1.47 bits per heavy atom. The van der Waals surface area contributed by atoms with Gasteiger partial charge in [0.25, 0.3) is 0 Å². The first-order valence-electron chi connectivity index (χ1n) is 16.2. The number of benzene rings is 2. The minimum atomic E-state index is -3.69. The smallest absolute Gasteiger partial charge is 0.411 e. The molecule has 1 unspecified atom stereocenters. The maximum Gasteiger partial charge on any atom is 0.411 e. The third-order valence-electron chi connectivity index (χ3n) is 7.62. The van der Waals surface area contributed by atoms with Crippen molar-refractivity contribution in [1.82, 2.24) is 24.1 Å². The number of carbonyl (C=O) groups excluding carboxylic acids is 1. The number of rotatable bonds is 17. The van der Waals surface area contributed by atoms with Gasteiger partial charge in [0.1, 0.15) is 11.4 Å². The molecule has 0 fully saturated rings. The summed E-state index contributed by atoms with van der Waals surface area (Å²) in [6.07, 6.45) is 6.91. The predicted octanol–water partition coefficient (Wildman–Crippen LogP) is 7.31. The van der Waals surface area contributed by atoms with E-state index in [0.717, 1.165) is 62.0 Å². The average Bonchev–Trinajstić information content (AvgIpc) is 3.52. The maximum atomic E-state index is 13.8. The van der Waals surface area contributed by atoms with E-state index in [1.165, 1.54) is 0 Å². The number of hydrogen-bond donors (Lipinski definition) is 1. The number of amides is 1. The van der Waals surface area contributed by atoms with Crippen LogP contribution >= 0.6 is 0 Å². The van der Waals surface area contributed by atoms with Crippen LogP contribution in [-0.4, -0.2) is 70.4 Å². The van der Waals surface area contributed by atoms with Gasteiger partial charge >= 0.3 is 6.09 Å². The van der Waals surface area contributed by atoms with Gasteiger partial charge in [0.2, 0.25) is 10.0 Å². The molecule has 0 saturated carbocycles. The third kappa shape index (κ3) is 11.3. The van der Waals surface area contributed by atoms with Gasteiger partial charge in [-0.2, -0.15) is 4.31 Å². The summed E-state index contributed by atoms with van der Waals surface area (Å²) < 4.78 is 34.9. The summed E-state index contributed by atoms with van der Waals surface area (Å²) in [5, 5.41) is 0. The molecule has 1 atom stereocenters. The van der Waals surface area contributed by atoms with Gasteiger partial charge < -0.3 is 14.6 Å². The molecule has 0 bridgehead atoms. The second-order valence-corrected chi connectivity index (χ2v) is 14.7. The molecular weight excluding hydrogens is 586 g/mol. The van der Waals surface area contributed by atoms with Gasteiger partial charge in [-0.05, 0) is 103 Å². The number of unbranched alkanes of at least 4 members (excludes halogenated alkanes) is 1. The van der Waals surface area contributed by atoms with Crippen molar-refractivity contribution in [1.29, 1.82) is 0 Å². The van der Waals surface area contributed by atoms with E-state index in [9.17, 15) is 13.2 Å². The van der Waals surface area contributed by atoms with Crippen molar-refractivity contribution in [2.75, 3.05) is 26.2 Å². The van der Waals surface area contributed by atoms with Crippen LogP contribution in [0.15, 0.2) is 65.8 Å². The first-order valence-corrected chi connectivity index (χ1v) is 17.6. The maximum absolute atomic E-state index is 13.8. The van der Waals surface area contributed by atoms with E-state index in [2.05, 4.69) is 28.7 Å². The topological polar surface area (TPSA) is 98.8 Å². The van der Waals surface area contributed by atoms with Crippen molar-refractivity contribution >= 4 is 16.1 Å². The molecule has 0 radical (unpaired) electrons. The second-order valence-electron chi connectivity index (χ2n) is 12.8. The summed E-state index contributed by atoms with van der Waals surface area (Å²) in [6, 6.07) is 14.5. The van der Waals surface area contributed by atoms with E-state index in [-0.39, 0.29) is 12.6 Å². The number of aryl methyl sites for hydroxylation is 1. The van der Waals surface area contributed by atoms with E-state index in [0.29, 0.717) is 23.8 Å². The molecule has 3 rings (SSSR count). The number of imidazole rings is 1. The number of aromatic nitrogens is 2. The van der Waals surface area contributed by atoms with Gasteiger partial charge in [0.05, 0.1) is 10.9 Å². The third-order valence-corrected chi connectivity index (χ3v) is 9.48. The SMILES string of the molecule is CCCN(CCC)CCCCN(Cc1ccc(CN(C(=O)OC(C)(C)C)C(C)c2ncc[nH]2)cc1)S(=O)(=O)c1ccc(C)cc1. The molecule has 1 aromatic heterocycles. The number of ether oxygens (including phenoxy) is 1. The number of H-pyrrole nitrogens is 1. The first kappa shape index (κ1) is 36.3. The van der Waals surface area contributed by atoms with Crippen molar-refractivity contribution < 1.29 is 17.9 Å². The highest BCUT2D eigenvalue weighted by Crippen LogP contribution is 2.24. The lowest BCUT2D eigenvalue weighted by molar-refractivity contribution is 0.0145. The Hall–Kier alpha value is -3.21. The van der Waals surface area contributed by atoms with Gasteiger partial charge in [0.15, 0.2) is 0 Å². The lowest BCUT2D eigenvalue weighted by Gasteiger charge is -2.31. The number of hydrogen-bond acceptors (Lipinski definition) is 6. The van der Waals surface area contributed by atoms with E-state index >= 15 is 0 Å². The number of nitrogens with one attached hydrogen (secondary N) is 1. The highest BCUT2D eigenvalue weighted by molar-refractivity contribution is 7.89. The van der Waals surface area contributed by atoms with Crippen molar-refractivity contribution in [2.45, 2.75) is 104 Å². The molecule has 1 amide bonds. The second kappa shape index (κ2) is 16.9. The average molecular weight is 640 g/mol. The van der Waals surface area contributed by atoms with E-state index in [1.54, 1.807) is 33.7 Å². The van der Waals surface area contributed by atoms with Crippen LogP contribution in [0.25, 0.3) is 0 Å². The summed E-state index contributed by atoms with van der Waals surface area (Å²) in [4.78, 5) is 25.1. The lowest BCUT2D eigenvalue weighted by Crippen LogP contribution is -2.38. The van der Waals surface area contributed by atoms with Crippen LogP contribution in [0.5, 0.6) is 0 Å². The Kier molecular flexibility index (Phi) is 13.6. The highest BCUT2D eigenvalue weighted by Gasteiger charge is 2.29. The zero-order valence-corrected chi connectivity index (χ0v) is 29.1. The Bertz CT molecular complexity index is 1400. The Morgan fingerprint density at radius 1 is 0.889 bits per heavy atom. The first-order chi connectivity index (χ1) is 21.3. The van der Waals surface area contributed by atoms with Gasteiger partial charge in [-0.25, -0.2) is 18.2 Å². The molecule has 0 aliphatic carbocycles. The summed E-state index contributed by atoms with van der Waals surface area (Å²) >= 11 is 0. The molecule has 0 spiro atoms. The van der Waals surface area contributed by atoms with Gasteiger partial charge in [0, 0.05) is 32.0 Å². The van der Waals surface area contributed by atoms with Crippen molar-refractivity contribution in [3.05, 3.63) is 83.4 Å². The molecule has 3 aromatic rings. The molecule has 1 N–H and O–H groups in total. The van der Waals surface area contributed by atoms with Crippen LogP contribution in [0.4, 0.5) is 4.79 Å². The van der Waals surface area contributed by atoms with Crippen LogP contribution < -0.4 is 0 Å². The molecule has 10 heteroatoms. The largest absolute Gasteiger partial charge is 0.444 e. The number of carbonyl (C=O) groups is 1. The molecule has 2 aromatic carbocycles. The summed E-state index contributed by atoms with van der Waals surface area (Å²) in [6.45, 7) is 17.9. The van der Waals surface area contributed by atoms with Crippen LogP contribution in [0, 0.1) is 6.92 Å². The molecule has 9 nitrogen and oxygen atoms in total. The molecular formula is C35H53N5O4S.